The van der Waals surface area contributed by atoms with E-state index in [0.29, 0.717) is 13.2 Å². The summed E-state index contributed by atoms with van der Waals surface area (Å²) in [5.74, 6) is -0.326. The highest BCUT2D eigenvalue weighted by Gasteiger charge is 2.31. The zero-order chi connectivity index (χ0) is 15.6. The lowest BCUT2D eigenvalue weighted by atomic mass is 10.1. The predicted molar refractivity (Wildman–Crippen MR) is 80.3 cm³/mol. The van der Waals surface area contributed by atoms with E-state index in [0.717, 1.165) is 5.56 Å². The van der Waals surface area contributed by atoms with Crippen LogP contribution in [0.4, 0.5) is 4.39 Å². The molecule has 1 aliphatic rings. The summed E-state index contributed by atoms with van der Waals surface area (Å²) >= 11 is 0. The molecule has 1 atom stereocenters. The molecule has 6 heteroatoms. The molecular weight excluding hydrogens is 305 g/mol. The highest BCUT2D eigenvalue weighted by atomic mass is 32.2. The molecule has 1 fully saturated rings. The molecule has 3 rings (SSSR count). The van der Waals surface area contributed by atoms with Gasteiger partial charge in [0.2, 0.25) is 10.0 Å². The molecule has 116 valence electrons. The number of hydrogen-bond acceptors (Lipinski definition) is 3. The number of hydrogen-bond donors (Lipinski definition) is 0. The van der Waals surface area contributed by atoms with Crippen molar-refractivity contribution in [2.45, 2.75) is 11.0 Å². The standard InChI is InChI=1S/C16H16FNO3S/c17-14-8-6-13(7-9-14)16-12-18(10-11-21-16)22(19,20)15-4-2-1-3-5-15/h1-9,16H,10-12H2/t16-/m1/s1. The predicted octanol–water partition coefficient (Wildman–Crippen LogP) is 2.59. The summed E-state index contributed by atoms with van der Waals surface area (Å²) in [5.41, 5.74) is 0.773. The normalized spacial score (nSPS) is 20.0. The van der Waals surface area contributed by atoms with Gasteiger partial charge in [0, 0.05) is 13.1 Å². The van der Waals surface area contributed by atoms with Crippen molar-refractivity contribution in [3.05, 3.63) is 66.0 Å². The summed E-state index contributed by atoms with van der Waals surface area (Å²) in [6, 6.07) is 14.3. The van der Waals surface area contributed by atoms with Crippen LogP contribution in [0.3, 0.4) is 0 Å². The Hall–Kier alpha value is -1.76. The van der Waals surface area contributed by atoms with Crippen molar-refractivity contribution >= 4 is 10.0 Å². The van der Waals surface area contributed by atoms with Crippen molar-refractivity contribution < 1.29 is 17.5 Å². The molecule has 1 heterocycles. The minimum atomic E-state index is -3.53. The van der Waals surface area contributed by atoms with E-state index < -0.39 is 10.0 Å². The van der Waals surface area contributed by atoms with Gasteiger partial charge >= 0.3 is 0 Å². The lowest BCUT2D eigenvalue weighted by molar-refractivity contribution is -0.00258. The Morgan fingerprint density at radius 2 is 1.73 bits per heavy atom. The van der Waals surface area contributed by atoms with Crippen LogP contribution in [0.25, 0.3) is 0 Å². The molecule has 0 amide bonds. The molecule has 0 N–H and O–H groups in total. The van der Waals surface area contributed by atoms with Crippen LogP contribution in [0.1, 0.15) is 11.7 Å². The van der Waals surface area contributed by atoms with Crippen molar-refractivity contribution in [3.63, 3.8) is 0 Å². The minimum absolute atomic E-state index is 0.225. The third kappa shape index (κ3) is 3.04. The Labute approximate surface area is 129 Å². The van der Waals surface area contributed by atoms with Crippen LogP contribution in [0.5, 0.6) is 0 Å². The molecular formula is C16H16FNO3S. The quantitative estimate of drug-likeness (QED) is 0.873. The van der Waals surface area contributed by atoms with E-state index in [1.165, 1.54) is 16.4 Å². The van der Waals surface area contributed by atoms with E-state index in [1.54, 1.807) is 42.5 Å². The first-order valence-electron chi connectivity index (χ1n) is 6.99. The van der Waals surface area contributed by atoms with Crippen LogP contribution in [-0.4, -0.2) is 32.4 Å². The Morgan fingerprint density at radius 3 is 2.41 bits per heavy atom. The number of rotatable bonds is 3. The molecule has 22 heavy (non-hydrogen) atoms. The Bertz CT molecular complexity index is 732. The third-order valence-corrected chi connectivity index (χ3v) is 5.53. The lowest BCUT2D eigenvalue weighted by Gasteiger charge is -2.32. The molecule has 4 nitrogen and oxygen atoms in total. The Morgan fingerprint density at radius 1 is 1.05 bits per heavy atom. The van der Waals surface area contributed by atoms with Gasteiger partial charge in [-0.05, 0) is 29.8 Å². The zero-order valence-corrected chi connectivity index (χ0v) is 12.7. The van der Waals surface area contributed by atoms with Gasteiger partial charge in [0.05, 0.1) is 17.6 Å². The van der Waals surface area contributed by atoms with Crippen molar-refractivity contribution in [1.82, 2.24) is 4.31 Å². The van der Waals surface area contributed by atoms with Gasteiger partial charge < -0.3 is 4.74 Å². The third-order valence-electron chi connectivity index (χ3n) is 3.65. The SMILES string of the molecule is O=S(=O)(c1ccccc1)N1CCO[C@@H](c2ccc(F)cc2)C1. The fraction of sp³-hybridized carbons (Fsp3) is 0.250. The second-order valence-electron chi connectivity index (χ2n) is 5.09. The van der Waals surface area contributed by atoms with E-state index >= 15 is 0 Å². The van der Waals surface area contributed by atoms with E-state index in [1.807, 2.05) is 0 Å². The number of halogens is 1. The summed E-state index contributed by atoms with van der Waals surface area (Å²) in [7, 11) is -3.53. The molecule has 0 saturated carbocycles. The van der Waals surface area contributed by atoms with Gasteiger partial charge in [-0.15, -0.1) is 0 Å². The first-order chi connectivity index (χ1) is 10.6. The smallest absolute Gasteiger partial charge is 0.243 e. The second kappa shape index (κ2) is 6.16. The summed E-state index contributed by atoms with van der Waals surface area (Å²) in [6.45, 7) is 0.853. The van der Waals surface area contributed by atoms with E-state index in [4.69, 9.17) is 4.74 Å². The summed E-state index contributed by atoms with van der Waals surface area (Å²) < 4.78 is 45.3. The van der Waals surface area contributed by atoms with Crippen LogP contribution in [0, 0.1) is 5.82 Å². The van der Waals surface area contributed by atoms with Crippen LogP contribution >= 0.6 is 0 Å². The molecule has 0 spiro atoms. The van der Waals surface area contributed by atoms with Crippen molar-refractivity contribution in [3.8, 4) is 0 Å². The van der Waals surface area contributed by atoms with Crippen LogP contribution in [0.15, 0.2) is 59.5 Å². The number of benzene rings is 2. The average molecular weight is 321 g/mol. The van der Waals surface area contributed by atoms with E-state index in [9.17, 15) is 12.8 Å². The molecule has 2 aromatic rings. The maximum atomic E-state index is 13.0. The van der Waals surface area contributed by atoms with Crippen molar-refractivity contribution in [2.24, 2.45) is 0 Å². The lowest BCUT2D eigenvalue weighted by Crippen LogP contribution is -2.42. The number of ether oxygens (including phenoxy) is 1. The number of sulfonamides is 1. The molecule has 0 aliphatic carbocycles. The maximum Gasteiger partial charge on any atom is 0.243 e. The van der Waals surface area contributed by atoms with Crippen LogP contribution in [0.2, 0.25) is 0 Å². The molecule has 2 aromatic carbocycles. The second-order valence-corrected chi connectivity index (χ2v) is 7.03. The fourth-order valence-corrected chi connectivity index (χ4v) is 3.91. The van der Waals surface area contributed by atoms with Gasteiger partial charge in [-0.3, -0.25) is 0 Å². The van der Waals surface area contributed by atoms with Crippen LogP contribution in [-0.2, 0) is 14.8 Å². The monoisotopic (exact) mass is 321 g/mol. The summed E-state index contributed by atoms with van der Waals surface area (Å²) in [4.78, 5) is 0.273. The molecule has 1 saturated heterocycles. The average Bonchev–Trinajstić information content (AvgIpc) is 2.56. The van der Waals surface area contributed by atoms with Gasteiger partial charge in [-0.2, -0.15) is 4.31 Å². The highest BCUT2D eigenvalue weighted by molar-refractivity contribution is 7.89. The molecule has 0 radical (unpaired) electrons. The Balaban J connectivity index is 1.82. The van der Waals surface area contributed by atoms with Gasteiger partial charge in [0.15, 0.2) is 0 Å². The first kappa shape index (κ1) is 15.1. The fourth-order valence-electron chi connectivity index (χ4n) is 2.46. The number of nitrogens with zero attached hydrogens (tertiary/aromatic N) is 1. The van der Waals surface area contributed by atoms with Crippen LogP contribution < -0.4 is 0 Å². The largest absolute Gasteiger partial charge is 0.371 e. The van der Waals surface area contributed by atoms with Gasteiger partial charge in [0.1, 0.15) is 5.82 Å². The van der Waals surface area contributed by atoms with Gasteiger partial charge in [-0.25, -0.2) is 12.8 Å². The highest BCUT2D eigenvalue weighted by Crippen LogP contribution is 2.26. The number of morpholine rings is 1. The van der Waals surface area contributed by atoms with Gasteiger partial charge in [-0.1, -0.05) is 30.3 Å². The van der Waals surface area contributed by atoms with E-state index in [-0.39, 0.29) is 23.4 Å². The summed E-state index contributed by atoms with van der Waals surface area (Å²) in [6.07, 6.45) is -0.382. The molecule has 0 aromatic heterocycles. The molecule has 1 aliphatic heterocycles. The van der Waals surface area contributed by atoms with Crippen molar-refractivity contribution in [2.75, 3.05) is 19.7 Å². The van der Waals surface area contributed by atoms with Gasteiger partial charge in [0.25, 0.3) is 0 Å². The topological polar surface area (TPSA) is 46.6 Å². The van der Waals surface area contributed by atoms with E-state index in [2.05, 4.69) is 0 Å². The molecule has 0 bridgehead atoms. The minimum Gasteiger partial charge on any atom is -0.371 e. The molecule has 0 unspecified atom stereocenters. The first-order valence-corrected chi connectivity index (χ1v) is 8.43. The maximum absolute atomic E-state index is 13.0. The Kier molecular flexibility index (Phi) is 4.24. The summed E-state index contributed by atoms with van der Waals surface area (Å²) in [5, 5.41) is 0. The van der Waals surface area contributed by atoms with Crippen molar-refractivity contribution in [1.29, 1.82) is 0 Å². The zero-order valence-electron chi connectivity index (χ0n) is 11.9.